The second-order valence-electron chi connectivity index (χ2n) is 8.93. The molecule has 0 aromatic heterocycles. The number of nitrogens with two attached hydrogens (primary N) is 1. The lowest BCUT2D eigenvalue weighted by Gasteiger charge is -2.42. The molecule has 2 aromatic rings. The minimum atomic E-state index is -0.846. The van der Waals surface area contributed by atoms with Crippen molar-refractivity contribution in [1.82, 2.24) is 5.32 Å². The summed E-state index contributed by atoms with van der Waals surface area (Å²) in [5, 5.41) is 23.0. The number of rotatable bonds is 10. The van der Waals surface area contributed by atoms with Gasteiger partial charge in [0.15, 0.2) is 5.78 Å². The molecule has 1 unspecified atom stereocenters. The van der Waals surface area contributed by atoms with Crippen LogP contribution < -0.4 is 11.1 Å². The number of amides is 1. The van der Waals surface area contributed by atoms with Gasteiger partial charge in [0.2, 0.25) is 5.91 Å². The predicted molar refractivity (Wildman–Crippen MR) is 124 cm³/mol. The minimum absolute atomic E-state index is 0.142. The summed E-state index contributed by atoms with van der Waals surface area (Å²) in [6, 6.07) is 17.5. The average molecular weight is 439 g/mol. The summed E-state index contributed by atoms with van der Waals surface area (Å²) in [7, 11) is 0. The fourth-order valence-corrected chi connectivity index (χ4v) is 4.73. The molecule has 0 heterocycles. The molecule has 0 aliphatic heterocycles. The molecule has 1 aliphatic carbocycles. The van der Waals surface area contributed by atoms with E-state index in [-0.39, 0.29) is 24.9 Å². The van der Waals surface area contributed by atoms with Crippen molar-refractivity contribution in [2.24, 2.45) is 17.1 Å². The highest BCUT2D eigenvalue weighted by Crippen LogP contribution is 2.42. The molecule has 0 spiro atoms. The van der Waals surface area contributed by atoms with E-state index in [2.05, 4.69) is 5.32 Å². The van der Waals surface area contributed by atoms with Crippen LogP contribution in [0.4, 0.5) is 0 Å². The Morgan fingerprint density at radius 2 is 1.50 bits per heavy atom. The molecule has 0 radical (unpaired) electrons. The highest BCUT2D eigenvalue weighted by atomic mass is 16.3. The third-order valence-corrected chi connectivity index (χ3v) is 6.71. The van der Waals surface area contributed by atoms with Gasteiger partial charge in [-0.1, -0.05) is 73.5 Å². The van der Waals surface area contributed by atoms with Gasteiger partial charge in [-0.3, -0.25) is 9.59 Å². The lowest BCUT2D eigenvalue weighted by molar-refractivity contribution is -0.138. The molecular weight excluding hydrogens is 404 g/mol. The first kappa shape index (κ1) is 24.1. The van der Waals surface area contributed by atoms with Gasteiger partial charge in [0.05, 0.1) is 25.3 Å². The van der Waals surface area contributed by atoms with Crippen LogP contribution in [-0.4, -0.2) is 47.2 Å². The van der Waals surface area contributed by atoms with E-state index in [9.17, 15) is 19.8 Å². The van der Waals surface area contributed by atoms with Crippen LogP contribution in [0.2, 0.25) is 0 Å². The van der Waals surface area contributed by atoms with Gasteiger partial charge in [-0.15, -0.1) is 0 Å². The lowest BCUT2D eigenvalue weighted by Crippen LogP contribution is -2.55. The van der Waals surface area contributed by atoms with E-state index in [1.54, 1.807) is 0 Å². The normalized spacial score (nSPS) is 19.7. The quantitative estimate of drug-likeness (QED) is 0.453. The summed E-state index contributed by atoms with van der Waals surface area (Å²) in [5.74, 6) is -1.03. The fraction of sp³-hybridized carbons (Fsp3) is 0.462. The zero-order valence-electron chi connectivity index (χ0n) is 18.5. The number of benzene rings is 2. The van der Waals surface area contributed by atoms with E-state index in [1.807, 2.05) is 60.7 Å². The van der Waals surface area contributed by atoms with Gasteiger partial charge in [0.1, 0.15) is 0 Å². The smallest absolute Gasteiger partial charge is 0.237 e. The van der Waals surface area contributed by atoms with Crippen molar-refractivity contribution < 1.29 is 19.8 Å². The van der Waals surface area contributed by atoms with Crippen molar-refractivity contribution >= 4 is 11.7 Å². The predicted octanol–water partition coefficient (Wildman–Crippen LogP) is 2.01. The second-order valence-corrected chi connectivity index (χ2v) is 8.93. The molecule has 3 rings (SSSR count). The van der Waals surface area contributed by atoms with Crippen molar-refractivity contribution in [3.63, 3.8) is 0 Å². The molecule has 3 atom stereocenters. The van der Waals surface area contributed by atoms with Crippen molar-refractivity contribution in [2.75, 3.05) is 13.2 Å². The third-order valence-electron chi connectivity index (χ3n) is 6.71. The Kier molecular flexibility index (Phi) is 8.56. The first-order chi connectivity index (χ1) is 15.5. The van der Waals surface area contributed by atoms with Crippen LogP contribution in [0.15, 0.2) is 60.7 Å². The molecule has 172 valence electrons. The molecule has 6 nitrogen and oxygen atoms in total. The largest absolute Gasteiger partial charge is 0.396 e. The van der Waals surface area contributed by atoms with Crippen molar-refractivity contribution in [1.29, 1.82) is 0 Å². The van der Waals surface area contributed by atoms with Crippen LogP contribution in [0.5, 0.6) is 0 Å². The minimum Gasteiger partial charge on any atom is -0.396 e. The third kappa shape index (κ3) is 5.82. The Morgan fingerprint density at radius 3 is 2.06 bits per heavy atom. The Labute approximate surface area is 189 Å². The van der Waals surface area contributed by atoms with Crippen LogP contribution in [0.1, 0.15) is 36.8 Å². The molecule has 2 aromatic carbocycles. The van der Waals surface area contributed by atoms with Crippen LogP contribution >= 0.6 is 0 Å². The zero-order chi connectivity index (χ0) is 23.0. The van der Waals surface area contributed by atoms with Gasteiger partial charge in [-0.2, -0.15) is 0 Å². The Hall–Kier alpha value is -2.54. The summed E-state index contributed by atoms with van der Waals surface area (Å²) in [5.41, 5.74) is 7.21. The van der Waals surface area contributed by atoms with Gasteiger partial charge in [-0.05, 0) is 36.8 Å². The second kappa shape index (κ2) is 11.4. The molecule has 32 heavy (non-hydrogen) atoms. The van der Waals surface area contributed by atoms with Gasteiger partial charge in [0.25, 0.3) is 0 Å². The monoisotopic (exact) mass is 438 g/mol. The lowest BCUT2D eigenvalue weighted by atomic mass is 9.64. The van der Waals surface area contributed by atoms with Gasteiger partial charge >= 0.3 is 0 Å². The number of aliphatic hydroxyl groups is 2. The van der Waals surface area contributed by atoms with Crippen LogP contribution in [0.25, 0.3) is 0 Å². The Bertz CT molecular complexity index is 868. The van der Waals surface area contributed by atoms with E-state index in [0.717, 1.165) is 24.0 Å². The maximum absolute atomic E-state index is 13.7. The van der Waals surface area contributed by atoms with Crippen LogP contribution in [0, 0.1) is 11.3 Å². The summed E-state index contributed by atoms with van der Waals surface area (Å²) in [4.78, 5) is 26.6. The molecule has 1 saturated carbocycles. The van der Waals surface area contributed by atoms with Gasteiger partial charge in [0, 0.05) is 11.3 Å². The molecular formula is C26H34N2O4. The topological polar surface area (TPSA) is 113 Å². The maximum Gasteiger partial charge on any atom is 0.237 e. The van der Waals surface area contributed by atoms with E-state index in [1.165, 1.54) is 0 Å². The van der Waals surface area contributed by atoms with Gasteiger partial charge < -0.3 is 21.3 Å². The standard InChI is InChI=1S/C26H34N2O4/c27-22(15-19-9-3-1-4-10-19)25(32)28-23(16-20-11-5-2-6-12-20)24(31)21-13-7-8-14-26(21,17-29)18-30/h1-6,9-12,21-23,29-30H,7-8,13-18,27H2,(H,28,32)/t21?,22-,23-/m0/s1. The van der Waals surface area contributed by atoms with E-state index >= 15 is 0 Å². The molecule has 5 N–H and O–H groups in total. The molecule has 0 bridgehead atoms. The van der Waals surface area contributed by atoms with E-state index < -0.39 is 23.4 Å². The average Bonchev–Trinajstić information content (AvgIpc) is 2.84. The number of hydrogen-bond acceptors (Lipinski definition) is 5. The van der Waals surface area contributed by atoms with Crippen molar-refractivity contribution in [3.05, 3.63) is 71.8 Å². The van der Waals surface area contributed by atoms with Crippen LogP contribution in [0.3, 0.4) is 0 Å². The Balaban J connectivity index is 1.79. The molecule has 1 aliphatic rings. The van der Waals surface area contributed by atoms with Gasteiger partial charge in [-0.25, -0.2) is 0 Å². The zero-order valence-corrected chi connectivity index (χ0v) is 18.5. The number of ketones is 1. The fourth-order valence-electron chi connectivity index (χ4n) is 4.73. The SMILES string of the molecule is N[C@@H](Cc1ccccc1)C(=O)N[C@@H](Cc1ccccc1)C(=O)C1CCCCC1(CO)CO. The van der Waals surface area contributed by atoms with Crippen molar-refractivity contribution in [3.8, 4) is 0 Å². The summed E-state index contributed by atoms with van der Waals surface area (Å²) >= 11 is 0. The first-order valence-electron chi connectivity index (χ1n) is 11.4. The number of aliphatic hydroxyl groups excluding tert-OH is 2. The number of hydrogen-bond donors (Lipinski definition) is 4. The molecule has 0 saturated heterocycles. The number of carbonyl (C=O) groups excluding carboxylic acids is 2. The highest BCUT2D eigenvalue weighted by Gasteiger charge is 2.46. The molecule has 1 fully saturated rings. The van der Waals surface area contributed by atoms with Crippen LogP contribution in [-0.2, 0) is 22.4 Å². The molecule has 1 amide bonds. The molecule has 6 heteroatoms. The Morgan fingerprint density at radius 1 is 0.938 bits per heavy atom. The summed E-state index contributed by atoms with van der Waals surface area (Å²) in [6.07, 6.45) is 3.62. The maximum atomic E-state index is 13.7. The first-order valence-corrected chi connectivity index (χ1v) is 11.4. The number of nitrogens with one attached hydrogen (secondary N) is 1. The summed E-state index contributed by atoms with van der Waals surface area (Å²) in [6.45, 7) is -0.501. The number of Topliss-reactive ketones (excluding diaryl/α,β-unsaturated/α-hetero) is 1. The van der Waals surface area contributed by atoms with E-state index in [0.29, 0.717) is 25.7 Å². The van der Waals surface area contributed by atoms with E-state index in [4.69, 9.17) is 5.73 Å². The number of carbonyl (C=O) groups is 2. The summed E-state index contributed by atoms with van der Waals surface area (Å²) < 4.78 is 0. The highest BCUT2D eigenvalue weighted by molar-refractivity contribution is 5.93. The van der Waals surface area contributed by atoms with Crippen molar-refractivity contribution in [2.45, 2.75) is 50.6 Å².